The van der Waals surface area contributed by atoms with Crippen molar-refractivity contribution in [2.75, 3.05) is 32.5 Å². The summed E-state index contributed by atoms with van der Waals surface area (Å²) in [5.41, 5.74) is 0.795. The highest BCUT2D eigenvalue weighted by Crippen LogP contribution is 2.14. The van der Waals surface area contributed by atoms with Crippen molar-refractivity contribution >= 4 is 17.6 Å². The summed E-state index contributed by atoms with van der Waals surface area (Å²) in [4.78, 5) is 32.2. The molecule has 1 saturated heterocycles. The Morgan fingerprint density at radius 1 is 1.33 bits per heavy atom. The maximum absolute atomic E-state index is 12.2. The number of nitrogens with one attached hydrogen (secondary N) is 1. The van der Waals surface area contributed by atoms with Crippen molar-refractivity contribution in [1.82, 2.24) is 14.8 Å². The van der Waals surface area contributed by atoms with Crippen molar-refractivity contribution < 1.29 is 9.59 Å². The fraction of sp³-hybridized carbons (Fsp3) is 0.533. The summed E-state index contributed by atoms with van der Waals surface area (Å²) in [5.74, 6) is -0.729. The average Bonchev–Trinajstić information content (AvgIpc) is 2.46. The molecule has 0 bridgehead atoms. The first-order valence-electron chi connectivity index (χ1n) is 7.17. The Labute approximate surface area is 125 Å². The van der Waals surface area contributed by atoms with Crippen LogP contribution in [-0.4, -0.2) is 59.8 Å². The maximum Gasteiger partial charge on any atom is 0.315 e. The predicted molar refractivity (Wildman–Crippen MR) is 80.9 cm³/mol. The molecule has 0 aliphatic carbocycles. The highest BCUT2D eigenvalue weighted by Gasteiger charge is 2.27. The van der Waals surface area contributed by atoms with Crippen LogP contribution in [0.1, 0.15) is 18.5 Å². The summed E-state index contributed by atoms with van der Waals surface area (Å²) < 4.78 is 0. The molecule has 6 heteroatoms. The van der Waals surface area contributed by atoms with Gasteiger partial charge in [-0.3, -0.25) is 9.59 Å². The molecule has 0 radical (unpaired) electrons. The fourth-order valence-corrected chi connectivity index (χ4v) is 2.49. The molecule has 1 aliphatic rings. The van der Waals surface area contributed by atoms with E-state index < -0.39 is 11.8 Å². The molecule has 2 rings (SSSR count). The number of hydrogen-bond donors (Lipinski definition) is 1. The minimum Gasteiger partial charge on any atom is -0.334 e. The summed E-state index contributed by atoms with van der Waals surface area (Å²) in [5, 5.41) is 2.56. The number of carbonyl (C=O) groups excluding carboxylic acids is 2. The van der Waals surface area contributed by atoms with Gasteiger partial charge in [0.05, 0.1) is 0 Å². The standard InChI is InChI=1S/C15H22N4O2/c1-11-5-4-6-13(16-11)17-14(20)15(21)19(3)12-7-9-18(2)10-8-12/h4-6,12H,7-10H2,1-3H3,(H,16,17,20). The number of pyridine rings is 1. The summed E-state index contributed by atoms with van der Waals surface area (Å²) in [6, 6.07) is 5.43. The number of likely N-dealkylation sites (tertiary alicyclic amines) is 1. The Hall–Kier alpha value is -1.95. The first-order valence-corrected chi connectivity index (χ1v) is 7.17. The Kier molecular flexibility index (Phi) is 4.90. The molecule has 21 heavy (non-hydrogen) atoms. The molecular weight excluding hydrogens is 268 g/mol. The molecule has 114 valence electrons. The van der Waals surface area contributed by atoms with Crippen LogP contribution in [0.3, 0.4) is 0 Å². The minimum atomic E-state index is -0.630. The molecule has 2 heterocycles. The van der Waals surface area contributed by atoms with E-state index in [-0.39, 0.29) is 6.04 Å². The smallest absolute Gasteiger partial charge is 0.315 e. The van der Waals surface area contributed by atoms with Crippen LogP contribution in [0.4, 0.5) is 5.82 Å². The highest BCUT2D eigenvalue weighted by molar-refractivity contribution is 6.39. The van der Waals surface area contributed by atoms with Crippen molar-refractivity contribution in [3.8, 4) is 0 Å². The molecule has 1 N–H and O–H groups in total. The maximum atomic E-state index is 12.2. The van der Waals surface area contributed by atoms with E-state index >= 15 is 0 Å². The highest BCUT2D eigenvalue weighted by atomic mass is 16.2. The van der Waals surface area contributed by atoms with Crippen molar-refractivity contribution in [3.05, 3.63) is 23.9 Å². The van der Waals surface area contributed by atoms with Crippen molar-refractivity contribution in [2.45, 2.75) is 25.8 Å². The van der Waals surface area contributed by atoms with Gasteiger partial charge in [0.1, 0.15) is 5.82 Å². The number of likely N-dealkylation sites (N-methyl/N-ethyl adjacent to an activating group) is 1. The molecule has 2 amide bonds. The summed E-state index contributed by atoms with van der Waals surface area (Å²) in [6.45, 7) is 3.73. The van der Waals surface area contributed by atoms with Crippen LogP contribution < -0.4 is 5.32 Å². The molecule has 1 aromatic rings. The topological polar surface area (TPSA) is 65.5 Å². The van der Waals surface area contributed by atoms with Crippen molar-refractivity contribution in [2.24, 2.45) is 0 Å². The molecule has 0 saturated carbocycles. The quantitative estimate of drug-likeness (QED) is 0.821. The van der Waals surface area contributed by atoms with Gasteiger partial charge in [-0.15, -0.1) is 0 Å². The third kappa shape index (κ3) is 4.01. The number of carbonyl (C=O) groups is 2. The van der Waals surface area contributed by atoms with E-state index in [1.54, 1.807) is 24.1 Å². The molecule has 0 aromatic carbocycles. The molecule has 0 unspecified atom stereocenters. The zero-order chi connectivity index (χ0) is 15.4. The van der Waals surface area contributed by atoms with Crippen molar-refractivity contribution in [1.29, 1.82) is 0 Å². The second kappa shape index (κ2) is 6.67. The van der Waals surface area contributed by atoms with E-state index in [1.165, 1.54) is 0 Å². The molecule has 1 aromatic heterocycles. The third-order valence-electron chi connectivity index (χ3n) is 3.88. The first-order chi connectivity index (χ1) is 9.97. The van der Waals surface area contributed by atoms with E-state index in [0.29, 0.717) is 5.82 Å². The number of anilines is 1. The normalized spacial score (nSPS) is 16.5. The largest absolute Gasteiger partial charge is 0.334 e. The van der Waals surface area contributed by atoms with E-state index in [1.807, 2.05) is 13.0 Å². The zero-order valence-electron chi connectivity index (χ0n) is 12.8. The number of aromatic nitrogens is 1. The van der Waals surface area contributed by atoms with Crippen LogP contribution in [0.5, 0.6) is 0 Å². The first kappa shape index (κ1) is 15.4. The monoisotopic (exact) mass is 290 g/mol. The second-order valence-electron chi connectivity index (χ2n) is 5.57. The van der Waals surface area contributed by atoms with Gasteiger partial charge in [0.25, 0.3) is 0 Å². The van der Waals surface area contributed by atoms with E-state index in [9.17, 15) is 9.59 Å². The summed E-state index contributed by atoms with van der Waals surface area (Å²) in [7, 11) is 3.76. The van der Waals surface area contributed by atoms with Crippen molar-refractivity contribution in [3.63, 3.8) is 0 Å². The fourth-order valence-electron chi connectivity index (χ4n) is 2.49. The minimum absolute atomic E-state index is 0.130. The van der Waals surface area contributed by atoms with E-state index in [0.717, 1.165) is 31.6 Å². The van der Waals surface area contributed by atoms with Crippen LogP contribution in [-0.2, 0) is 9.59 Å². The van der Waals surface area contributed by atoms with Crippen LogP contribution in [0, 0.1) is 6.92 Å². The summed E-state index contributed by atoms with van der Waals surface area (Å²) in [6.07, 6.45) is 1.80. The van der Waals surface area contributed by atoms with E-state index in [2.05, 4.69) is 22.2 Å². The molecule has 1 aliphatic heterocycles. The number of piperidine rings is 1. The summed E-state index contributed by atoms with van der Waals surface area (Å²) >= 11 is 0. The van der Waals surface area contributed by atoms with Gasteiger partial charge in [-0.1, -0.05) is 6.07 Å². The molecular formula is C15H22N4O2. The zero-order valence-corrected chi connectivity index (χ0v) is 12.8. The van der Waals surface area contributed by atoms with Crippen LogP contribution in [0.2, 0.25) is 0 Å². The van der Waals surface area contributed by atoms with Gasteiger partial charge in [0, 0.05) is 18.8 Å². The third-order valence-corrected chi connectivity index (χ3v) is 3.88. The van der Waals surface area contributed by atoms with Gasteiger partial charge < -0.3 is 15.1 Å². The van der Waals surface area contributed by atoms with Gasteiger partial charge in [-0.05, 0) is 52.0 Å². The Bertz CT molecular complexity index is 524. The molecule has 0 atom stereocenters. The predicted octanol–water partition coefficient (Wildman–Crippen LogP) is 0.881. The second-order valence-corrected chi connectivity index (χ2v) is 5.57. The van der Waals surface area contributed by atoms with Crippen LogP contribution in [0.25, 0.3) is 0 Å². The van der Waals surface area contributed by atoms with Crippen LogP contribution in [0.15, 0.2) is 18.2 Å². The van der Waals surface area contributed by atoms with Gasteiger partial charge in [0.15, 0.2) is 0 Å². The van der Waals surface area contributed by atoms with E-state index in [4.69, 9.17) is 0 Å². The number of hydrogen-bond acceptors (Lipinski definition) is 4. The Balaban J connectivity index is 1.94. The van der Waals surface area contributed by atoms with Gasteiger partial charge in [-0.2, -0.15) is 0 Å². The lowest BCUT2D eigenvalue weighted by molar-refractivity contribution is -0.144. The average molecular weight is 290 g/mol. The number of rotatable bonds is 2. The number of nitrogens with zero attached hydrogens (tertiary/aromatic N) is 3. The Morgan fingerprint density at radius 2 is 2.00 bits per heavy atom. The lowest BCUT2D eigenvalue weighted by atomic mass is 10.0. The number of amides is 2. The van der Waals surface area contributed by atoms with Gasteiger partial charge >= 0.3 is 11.8 Å². The lowest BCUT2D eigenvalue weighted by Gasteiger charge is -2.34. The van der Waals surface area contributed by atoms with Gasteiger partial charge in [-0.25, -0.2) is 4.98 Å². The number of aryl methyl sites for hydroxylation is 1. The van der Waals surface area contributed by atoms with Gasteiger partial charge in [0.2, 0.25) is 0 Å². The molecule has 6 nitrogen and oxygen atoms in total. The SMILES string of the molecule is Cc1cccc(NC(=O)C(=O)N(C)C2CCN(C)CC2)n1. The molecule has 1 fully saturated rings. The Morgan fingerprint density at radius 3 is 2.62 bits per heavy atom. The lowest BCUT2D eigenvalue weighted by Crippen LogP contribution is -2.48. The molecule has 0 spiro atoms. The van der Waals surface area contributed by atoms with Crippen LogP contribution >= 0.6 is 0 Å².